The van der Waals surface area contributed by atoms with E-state index in [9.17, 15) is 4.79 Å². The topological polar surface area (TPSA) is 80.2 Å². The zero-order chi connectivity index (χ0) is 18.6. The van der Waals surface area contributed by atoms with E-state index in [2.05, 4.69) is 20.5 Å². The van der Waals surface area contributed by atoms with Crippen molar-refractivity contribution in [2.24, 2.45) is 0 Å². The first-order valence-corrected chi connectivity index (χ1v) is 9.59. The van der Waals surface area contributed by atoms with Gasteiger partial charge in [0.25, 0.3) is 11.6 Å². The van der Waals surface area contributed by atoms with Crippen LogP contribution >= 0.6 is 11.8 Å². The summed E-state index contributed by atoms with van der Waals surface area (Å²) in [5.41, 5.74) is 2.16. The third-order valence-corrected chi connectivity index (χ3v) is 5.35. The van der Waals surface area contributed by atoms with Crippen LogP contribution in [0.15, 0.2) is 53.7 Å². The summed E-state index contributed by atoms with van der Waals surface area (Å²) in [6.45, 7) is 0. The molecular formula is C19H15N5O2S. The number of hydrogen-bond donors (Lipinski definition) is 1. The molecule has 1 aromatic heterocycles. The number of nitrogens with one attached hydrogen (secondary N) is 1. The molecule has 2 aliphatic heterocycles. The summed E-state index contributed by atoms with van der Waals surface area (Å²) in [6, 6.07) is 15.2. The molecule has 1 atom stereocenters. The lowest BCUT2D eigenvalue weighted by atomic mass is 10.0. The van der Waals surface area contributed by atoms with Gasteiger partial charge in [0.15, 0.2) is 5.69 Å². The van der Waals surface area contributed by atoms with Crippen molar-refractivity contribution in [3.8, 4) is 17.1 Å². The summed E-state index contributed by atoms with van der Waals surface area (Å²) in [4.78, 5) is 19.4. The molecule has 0 saturated heterocycles. The zero-order valence-corrected chi connectivity index (χ0v) is 15.4. The van der Waals surface area contributed by atoms with E-state index in [1.54, 1.807) is 11.9 Å². The number of amides is 1. The molecule has 2 aromatic carbocycles. The number of nitrogens with zero attached hydrogens (tertiary/aromatic N) is 4. The summed E-state index contributed by atoms with van der Waals surface area (Å²) in [7, 11) is 1.74. The van der Waals surface area contributed by atoms with Crippen LogP contribution in [0.25, 0.3) is 11.3 Å². The van der Waals surface area contributed by atoms with Crippen LogP contribution in [-0.2, 0) is 10.5 Å². The summed E-state index contributed by atoms with van der Waals surface area (Å²) >= 11 is 1.37. The molecule has 5 rings (SSSR count). The number of fused-ring (bicyclic) bond motifs is 5. The van der Waals surface area contributed by atoms with Gasteiger partial charge in [-0.15, -0.1) is 10.2 Å². The highest BCUT2D eigenvalue weighted by molar-refractivity contribution is 7.98. The Morgan fingerprint density at radius 3 is 2.74 bits per heavy atom. The van der Waals surface area contributed by atoms with Gasteiger partial charge < -0.3 is 15.0 Å². The number of hydrogen-bond acceptors (Lipinski definition) is 7. The summed E-state index contributed by atoms with van der Waals surface area (Å²) in [5, 5.41) is 12.3. The first kappa shape index (κ1) is 16.1. The van der Waals surface area contributed by atoms with Gasteiger partial charge in [0.1, 0.15) is 0 Å². The predicted octanol–water partition coefficient (Wildman–Crippen LogP) is 2.89. The maximum absolute atomic E-state index is 13.3. The standard InChI is InChI=1S/C19H15N5O2S/c1-24-14-10-6-4-8-12(14)19(17(24)25)21-13-9-5-3-7-11(13)15-16(26-19)20-18(27-2)23-22-15/h3-10,21H,1-2H3/t19-/m0/s1. The van der Waals surface area contributed by atoms with Gasteiger partial charge in [-0.2, -0.15) is 4.98 Å². The Morgan fingerprint density at radius 2 is 1.89 bits per heavy atom. The lowest BCUT2D eigenvalue weighted by Crippen LogP contribution is -2.49. The Morgan fingerprint density at radius 1 is 1.11 bits per heavy atom. The molecule has 3 aromatic rings. The average Bonchev–Trinajstić information content (AvgIpc) is 2.84. The van der Waals surface area contributed by atoms with E-state index in [-0.39, 0.29) is 11.8 Å². The predicted molar refractivity (Wildman–Crippen MR) is 103 cm³/mol. The molecule has 0 radical (unpaired) electrons. The fourth-order valence-corrected chi connectivity index (χ4v) is 3.82. The Labute approximate surface area is 159 Å². The summed E-state index contributed by atoms with van der Waals surface area (Å²) in [5.74, 6) is 0.0703. The van der Waals surface area contributed by atoms with E-state index in [1.807, 2.05) is 54.8 Å². The highest BCUT2D eigenvalue weighted by Crippen LogP contribution is 2.47. The minimum atomic E-state index is -1.40. The first-order valence-electron chi connectivity index (χ1n) is 8.37. The lowest BCUT2D eigenvalue weighted by molar-refractivity contribution is -0.130. The van der Waals surface area contributed by atoms with Gasteiger partial charge in [-0.05, 0) is 18.4 Å². The number of aromatic nitrogens is 3. The smallest absolute Gasteiger partial charge is 0.297 e. The van der Waals surface area contributed by atoms with Gasteiger partial charge >= 0.3 is 0 Å². The normalized spacial score (nSPS) is 19.6. The van der Waals surface area contributed by atoms with Crippen LogP contribution in [0.1, 0.15) is 5.56 Å². The second kappa shape index (κ2) is 5.68. The monoisotopic (exact) mass is 377 g/mol. The number of ether oxygens (including phenoxy) is 1. The minimum Gasteiger partial charge on any atom is -0.435 e. The Bertz CT molecular complexity index is 1090. The van der Waals surface area contributed by atoms with Crippen molar-refractivity contribution in [2.45, 2.75) is 10.9 Å². The molecule has 1 N–H and O–H groups in total. The SMILES string of the molecule is CSc1nnc2c(n1)O[C@]1(Nc3ccccc3-2)C(=O)N(C)c2ccccc21. The fourth-order valence-electron chi connectivity index (χ4n) is 3.53. The van der Waals surface area contributed by atoms with Crippen LogP contribution < -0.4 is 15.0 Å². The fraction of sp³-hybridized carbons (Fsp3) is 0.158. The average molecular weight is 377 g/mol. The summed E-state index contributed by atoms with van der Waals surface area (Å²) in [6.07, 6.45) is 1.87. The molecular weight excluding hydrogens is 362 g/mol. The molecule has 3 heterocycles. The maximum Gasteiger partial charge on any atom is 0.297 e. The number of carbonyl (C=O) groups excluding carboxylic acids is 1. The van der Waals surface area contributed by atoms with Crippen molar-refractivity contribution in [2.75, 3.05) is 23.5 Å². The number of benzene rings is 2. The highest BCUT2D eigenvalue weighted by Gasteiger charge is 2.54. The van der Waals surface area contributed by atoms with Crippen molar-refractivity contribution in [3.63, 3.8) is 0 Å². The quantitative estimate of drug-likeness (QED) is 0.653. The molecule has 0 unspecified atom stereocenters. The van der Waals surface area contributed by atoms with E-state index in [4.69, 9.17) is 4.74 Å². The second-order valence-corrected chi connectivity index (χ2v) is 7.06. The van der Waals surface area contributed by atoms with E-state index in [1.165, 1.54) is 11.8 Å². The van der Waals surface area contributed by atoms with Crippen LogP contribution in [0.5, 0.6) is 5.88 Å². The largest absolute Gasteiger partial charge is 0.435 e. The third-order valence-electron chi connectivity index (χ3n) is 4.81. The molecule has 2 aliphatic rings. The first-order chi connectivity index (χ1) is 13.1. The van der Waals surface area contributed by atoms with Crippen molar-refractivity contribution < 1.29 is 9.53 Å². The number of anilines is 2. The minimum absolute atomic E-state index is 0.212. The zero-order valence-electron chi connectivity index (χ0n) is 14.6. The van der Waals surface area contributed by atoms with E-state index < -0.39 is 5.72 Å². The molecule has 0 fully saturated rings. The molecule has 0 saturated carbocycles. The molecule has 0 aliphatic carbocycles. The van der Waals surface area contributed by atoms with Crippen molar-refractivity contribution in [3.05, 3.63) is 54.1 Å². The van der Waals surface area contributed by atoms with Gasteiger partial charge in [-0.25, -0.2) is 0 Å². The van der Waals surface area contributed by atoms with Crippen LogP contribution in [0.4, 0.5) is 11.4 Å². The molecule has 1 amide bonds. The Kier molecular flexibility index (Phi) is 3.38. The van der Waals surface area contributed by atoms with Crippen molar-refractivity contribution in [1.82, 2.24) is 15.2 Å². The van der Waals surface area contributed by atoms with Crippen LogP contribution in [-0.4, -0.2) is 34.4 Å². The van der Waals surface area contributed by atoms with Gasteiger partial charge in [0, 0.05) is 18.3 Å². The molecule has 7 nitrogen and oxygen atoms in total. The molecule has 1 spiro atoms. The van der Waals surface area contributed by atoms with Gasteiger partial charge in [-0.1, -0.05) is 48.2 Å². The van der Waals surface area contributed by atoms with E-state index in [0.29, 0.717) is 10.9 Å². The van der Waals surface area contributed by atoms with Crippen LogP contribution in [0.2, 0.25) is 0 Å². The van der Waals surface area contributed by atoms with Gasteiger partial charge in [0.05, 0.1) is 11.3 Å². The molecule has 8 heteroatoms. The Hall–Kier alpha value is -3.13. The van der Waals surface area contributed by atoms with Gasteiger partial charge in [-0.3, -0.25) is 4.79 Å². The second-order valence-electron chi connectivity index (χ2n) is 6.29. The Balaban J connectivity index is 1.81. The number of likely N-dealkylation sites (N-methyl/N-ethyl adjacent to an activating group) is 1. The molecule has 27 heavy (non-hydrogen) atoms. The summed E-state index contributed by atoms with van der Waals surface area (Å²) < 4.78 is 6.31. The number of para-hydroxylation sites is 2. The van der Waals surface area contributed by atoms with Gasteiger partial charge in [0.2, 0.25) is 11.0 Å². The lowest BCUT2D eigenvalue weighted by Gasteiger charge is -2.29. The number of carbonyl (C=O) groups is 1. The van der Waals surface area contributed by atoms with E-state index >= 15 is 0 Å². The molecule has 0 bridgehead atoms. The number of rotatable bonds is 1. The van der Waals surface area contributed by atoms with Crippen molar-refractivity contribution >= 4 is 29.0 Å². The van der Waals surface area contributed by atoms with Crippen molar-refractivity contribution in [1.29, 1.82) is 0 Å². The van der Waals surface area contributed by atoms with Crippen LogP contribution in [0, 0.1) is 0 Å². The number of thioether (sulfide) groups is 1. The molecule has 134 valence electrons. The maximum atomic E-state index is 13.3. The third kappa shape index (κ3) is 2.16. The highest BCUT2D eigenvalue weighted by atomic mass is 32.2. The van der Waals surface area contributed by atoms with Crippen LogP contribution in [0.3, 0.4) is 0 Å². The van der Waals surface area contributed by atoms with E-state index in [0.717, 1.165) is 22.5 Å².